The average molecular weight is 304 g/mol. The van der Waals surface area contributed by atoms with Crippen molar-refractivity contribution in [2.45, 2.75) is 12.8 Å². The second kappa shape index (κ2) is 7.04. The molecular weight excluding hydrogens is 284 g/mol. The maximum atomic E-state index is 12.1. The number of likely N-dealkylation sites (tertiary alicyclic amines) is 1. The van der Waals surface area contributed by atoms with Gasteiger partial charge in [0.1, 0.15) is 0 Å². The first-order valence-corrected chi connectivity index (χ1v) is 7.17. The molecule has 1 heterocycles. The number of nitrogens with zero attached hydrogens (tertiary/aromatic N) is 1. The third-order valence-corrected chi connectivity index (χ3v) is 3.82. The van der Waals surface area contributed by atoms with E-state index in [1.807, 2.05) is 4.90 Å². The van der Waals surface area contributed by atoms with E-state index in [1.54, 1.807) is 24.3 Å². The molecule has 0 unspecified atom stereocenters. The van der Waals surface area contributed by atoms with Gasteiger partial charge >= 0.3 is 0 Å². The second-order valence-electron chi connectivity index (χ2n) is 5.41. The number of rotatable bonds is 5. The van der Waals surface area contributed by atoms with Gasteiger partial charge in [-0.05, 0) is 38.1 Å². The molecule has 0 bridgehead atoms. The van der Waals surface area contributed by atoms with E-state index in [-0.39, 0.29) is 29.8 Å². The van der Waals surface area contributed by atoms with Crippen molar-refractivity contribution in [1.82, 2.24) is 4.90 Å². The standard InChI is InChI=1S/C15H20N4O3/c16-14(21)10-5-7-19(8-6-10)9-13(20)18-12-4-2-1-3-11(12)15(17)22/h1-4,10H,5-9H2,(H2,16,21)(H2,17,22)(H,18,20). The maximum Gasteiger partial charge on any atom is 0.250 e. The maximum absolute atomic E-state index is 12.1. The number of para-hydroxylation sites is 1. The van der Waals surface area contributed by atoms with Gasteiger partial charge in [0.2, 0.25) is 11.8 Å². The number of hydrogen-bond donors (Lipinski definition) is 3. The highest BCUT2D eigenvalue weighted by Crippen LogP contribution is 2.17. The molecule has 0 spiro atoms. The van der Waals surface area contributed by atoms with Crippen molar-refractivity contribution in [1.29, 1.82) is 0 Å². The SMILES string of the molecule is NC(=O)c1ccccc1NC(=O)CN1CCC(C(N)=O)CC1. The second-order valence-corrected chi connectivity index (χ2v) is 5.41. The summed E-state index contributed by atoms with van der Waals surface area (Å²) in [5.41, 5.74) is 11.2. The first-order valence-electron chi connectivity index (χ1n) is 7.17. The zero-order chi connectivity index (χ0) is 16.1. The van der Waals surface area contributed by atoms with Crippen molar-refractivity contribution in [2.24, 2.45) is 17.4 Å². The molecule has 1 aliphatic rings. The number of hydrogen-bond acceptors (Lipinski definition) is 4. The molecule has 0 saturated carbocycles. The Morgan fingerprint density at radius 2 is 1.77 bits per heavy atom. The van der Waals surface area contributed by atoms with Crippen molar-refractivity contribution >= 4 is 23.4 Å². The Morgan fingerprint density at radius 1 is 1.14 bits per heavy atom. The minimum atomic E-state index is -0.585. The lowest BCUT2D eigenvalue weighted by molar-refractivity contribution is -0.123. The topological polar surface area (TPSA) is 119 Å². The van der Waals surface area contributed by atoms with Gasteiger partial charge in [-0.3, -0.25) is 19.3 Å². The van der Waals surface area contributed by atoms with Crippen LogP contribution >= 0.6 is 0 Å². The van der Waals surface area contributed by atoms with E-state index in [0.717, 1.165) is 0 Å². The molecule has 0 atom stereocenters. The van der Waals surface area contributed by atoms with Crippen molar-refractivity contribution in [3.05, 3.63) is 29.8 Å². The molecule has 118 valence electrons. The molecule has 0 radical (unpaired) electrons. The van der Waals surface area contributed by atoms with E-state index < -0.39 is 5.91 Å². The number of carbonyl (C=O) groups excluding carboxylic acids is 3. The molecule has 1 aliphatic heterocycles. The summed E-state index contributed by atoms with van der Waals surface area (Å²) in [6, 6.07) is 6.61. The minimum Gasteiger partial charge on any atom is -0.369 e. The fraction of sp³-hybridized carbons (Fsp3) is 0.400. The summed E-state index contributed by atoms with van der Waals surface area (Å²) in [7, 11) is 0. The van der Waals surface area contributed by atoms with Crippen LogP contribution in [0.1, 0.15) is 23.2 Å². The van der Waals surface area contributed by atoms with Crippen molar-refractivity contribution in [2.75, 3.05) is 25.0 Å². The summed E-state index contributed by atoms with van der Waals surface area (Å²) in [6.45, 7) is 1.51. The molecule has 3 amide bonds. The fourth-order valence-corrected chi connectivity index (χ4v) is 2.58. The van der Waals surface area contributed by atoms with Crippen LogP contribution in [-0.4, -0.2) is 42.3 Å². The van der Waals surface area contributed by atoms with Crippen LogP contribution in [0.3, 0.4) is 0 Å². The summed E-state index contributed by atoms with van der Waals surface area (Å²) >= 11 is 0. The molecule has 22 heavy (non-hydrogen) atoms. The third-order valence-electron chi connectivity index (χ3n) is 3.82. The zero-order valence-electron chi connectivity index (χ0n) is 12.2. The highest BCUT2D eigenvalue weighted by atomic mass is 16.2. The summed E-state index contributed by atoms with van der Waals surface area (Å²) in [5.74, 6) is -1.18. The van der Waals surface area contributed by atoms with Gasteiger partial charge in [0.25, 0.3) is 5.91 Å². The largest absolute Gasteiger partial charge is 0.369 e. The van der Waals surface area contributed by atoms with Gasteiger partial charge in [-0.15, -0.1) is 0 Å². The molecule has 7 nitrogen and oxygen atoms in total. The highest BCUT2D eigenvalue weighted by Gasteiger charge is 2.24. The van der Waals surface area contributed by atoms with Crippen molar-refractivity contribution in [3.8, 4) is 0 Å². The first-order chi connectivity index (χ1) is 10.5. The van der Waals surface area contributed by atoms with E-state index in [0.29, 0.717) is 31.6 Å². The summed E-state index contributed by atoms with van der Waals surface area (Å²) in [6.07, 6.45) is 1.33. The molecule has 0 aliphatic carbocycles. The minimum absolute atomic E-state index is 0.102. The molecule has 1 aromatic rings. The van der Waals surface area contributed by atoms with E-state index in [1.165, 1.54) is 0 Å². The van der Waals surface area contributed by atoms with Crippen molar-refractivity contribution in [3.63, 3.8) is 0 Å². The van der Waals surface area contributed by atoms with E-state index in [2.05, 4.69) is 5.32 Å². The van der Waals surface area contributed by atoms with Crippen LogP contribution in [0.5, 0.6) is 0 Å². The number of primary amides is 2. The summed E-state index contributed by atoms with van der Waals surface area (Å²) in [5, 5.41) is 2.70. The fourth-order valence-electron chi connectivity index (χ4n) is 2.58. The molecule has 1 fully saturated rings. The van der Waals surface area contributed by atoms with E-state index >= 15 is 0 Å². The molecule has 1 aromatic carbocycles. The number of amides is 3. The highest BCUT2D eigenvalue weighted by molar-refractivity contribution is 6.03. The van der Waals surface area contributed by atoms with Crippen LogP contribution < -0.4 is 16.8 Å². The van der Waals surface area contributed by atoms with Crippen LogP contribution in [0.15, 0.2) is 24.3 Å². The summed E-state index contributed by atoms with van der Waals surface area (Å²) < 4.78 is 0. The lowest BCUT2D eigenvalue weighted by atomic mass is 9.96. The molecule has 5 N–H and O–H groups in total. The quantitative estimate of drug-likeness (QED) is 0.705. The zero-order valence-corrected chi connectivity index (χ0v) is 12.2. The van der Waals surface area contributed by atoms with Gasteiger partial charge in [-0.1, -0.05) is 12.1 Å². The number of piperidine rings is 1. The first kappa shape index (κ1) is 16.0. The Balaban J connectivity index is 1.89. The van der Waals surface area contributed by atoms with Gasteiger partial charge in [-0.25, -0.2) is 0 Å². The molecule has 1 saturated heterocycles. The van der Waals surface area contributed by atoms with Gasteiger partial charge in [0.15, 0.2) is 0 Å². The van der Waals surface area contributed by atoms with Crippen molar-refractivity contribution < 1.29 is 14.4 Å². The summed E-state index contributed by atoms with van der Waals surface area (Å²) in [4.78, 5) is 36.5. The van der Waals surface area contributed by atoms with Crippen LogP contribution in [-0.2, 0) is 9.59 Å². The van der Waals surface area contributed by atoms with Gasteiger partial charge < -0.3 is 16.8 Å². The molecule has 0 aromatic heterocycles. The Kier molecular flexibility index (Phi) is 5.11. The number of benzene rings is 1. The predicted octanol–water partition coefficient (Wildman–Crippen LogP) is -0.0787. The normalized spacial score (nSPS) is 16.2. The molecular formula is C15H20N4O3. The van der Waals surface area contributed by atoms with Crippen LogP contribution in [0, 0.1) is 5.92 Å². The Morgan fingerprint density at radius 3 is 2.36 bits per heavy atom. The van der Waals surface area contributed by atoms with Gasteiger partial charge in [-0.2, -0.15) is 0 Å². The predicted molar refractivity (Wildman–Crippen MR) is 81.9 cm³/mol. The number of anilines is 1. The van der Waals surface area contributed by atoms with E-state index in [4.69, 9.17) is 11.5 Å². The number of carbonyl (C=O) groups is 3. The van der Waals surface area contributed by atoms with Crippen LogP contribution in [0.25, 0.3) is 0 Å². The Bertz CT molecular complexity index is 580. The lowest BCUT2D eigenvalue weighted by Gasteiger charge is -2.29. The number of nitrogens with one attached hydrogen (secondary N) is 1. The van der Waals surface area contributed by atoms with E-state index in [9.17, 15) is 14.4 Å². The van der Waals surface area contributed by atoms with Crippen LogP contribution in [0.2, 0.25) is 0 Å². The Hall–Kier alpha value is -2.41. The lowest BCUT2D eigenvalue weighted by Crippen LogP contribution is -2.42. The van der Waals surface area contributed by atoms with Gasteiger partial charge in [0.05, 0.1) is 17.8 Å². The third kappa shape index (κ3) is 4.05. The molecule has 2 rings (SSSR count). The molecule has 7 heteroatoms. The Labute approximate surface area is 128 Å². The van der Waals surface area contributed by atoms with Crippen LogP contribution in [0.4, 0.5) is 5.69 Å². The number of nitrogens with two attached hydrogens (primary N) is 2. The van der Waals surface area contributed by atoms with Gasteiger partial charge in [0, 0.05) is 5.92 Å². The average Bonchev–Trinajstić information content (AvgIpc) is 2.48. The monoisotopic (exact) mass is 304 g/mol. The smallest absolute Gasteiger partial charge is 0.250 e.